The van der Waals surface area contributed by atoms with E-state index in [1.54, 1.807) is 0 Å². The molecule has 0 aromatic rings. The Morgan fingerprint density at radius 1 is 1.57 bits per heavy atom. The average molecular weight is 213 g/mol. The van der Waals surface area contributed by atoms with Gasteiger partial charge in [-0.2, -0.15) is 0 Å². The van der Waals surface area contributed by atoms with Crippen molar-refractivity contribution < 1.29 is 9.90 Å². The molecule has 3 aliphatic rings. The van der Waals surface area contributed by atoms with Gasteiger partial charge in [0.2, 0.25) is 0 Å². The van der Waals surface area contributed by atoms with E-state index in [4.69, 9.17) is 5.11 Å². The molecule has 1 saturated heterocycles. The molecule has 4 atom stereocenters. The van der Waals surface area contributed by atoms with Crippen molar-refractivity contribution >= 4 is 17.7 Å². The first-order valence-corrected chi connectivity index (χ1v) is 6.34. The van der Waals surface area contributed by atoms with Crippen molar-refractivity contribution in [2.75, 3.05) is 5.75 Å². The van der Waals surface area contributed by atoms with Crippen molar-refractivity contribution in [3.8, 4) is 0 Å². The van der Waals surface area contributed by atoms with Crippen LogP contribution in [-0.4, -0.2) is 27.7 Å². The van der Waals surface area contributed by atoms with Gasteiger partial charge in [0.1, 0.15) is 6.04 Å². The highest BCUT2D eigenvalue weighted by Crippen LogP contribution is 2.60. The second-order valence-corrected chi connectivity index (χ2v) is 6.08. The van der Waals surface area contributed by atoms with E-state index in [0.29, 0.717) is 0 Å². The molecule has 4 heteroatoms. The molecule has 14 heavy (non-hydrogen) atoms. The number of hydrogen-bond acceptors (Lipinski definition) is 3. The molecule has 0 bridgehead atoms. The second kappa shape index (κ2) is 2.89. The summed E-state index contributed by atoms with van der Waals surface area (Å²) in [4.78, 5) is 11.0. The summed E-state index contributed by atoms with van der Waals surface area (Å²) in [6.45, 7) is 0. The maximum atomic E-state index is 10.9. The van der Waals surface area contributed by atoms with E-state index >= 15 is 0 Å². The molecular weight excluding hydrogens is 198 g/mol. The Morgan fingerprint density at radius 2 is 2.43 bits per heavy atom. The average Bonchev–Trinajstić information content (AvgIpc) is 2.82. The minimum Gasteiger partial charge on any atom is -0.480 e. The minimum absolute atomic E-state index is 0.145. The number of carbonyl (C=O) groups is 1. The predicted octanol–water partition coefficient (Wildman–Crippen LogP) is 1.29. The molecule has 0 aromatic carbocycles. The summed E-state index contributed by atoms with van der Waals surface area (Å²) in [5.74, 6) is 1.73. The molecule has 1 heterocycles. The highest BCUT2D eigenvalue weighted by Gasteiger charge is 2.58. The van der Waals surface area contributed by atoms with Crippen LogP contribution in [0.15, 0.2) is 0 Å². The van der Waals surface area contributed by atoms with E-state index in [0.717, 1.165) is 17.6 Å². The number of rotatable bonds is 1. The van der Waals surface area contributed by atoms with Gasteiger partial charge >= 0.3 is 5.97 Å². The number of thioether (sulfide) groups is 1. The summed E-state index contributed by atoms with van der Waals surface area (Å²) in [7, 11) is 0. The van der Waals surface area contributed by atoms with E-state index < -0.39 is 5.97 Å². The van der Waals surface area contributed by atoms with Crippen LogP contribution in [-0.2, 0) is 4.79 Å². The lowest BCUT2D eigenvalue weighted by Crippen LogP contribution is -2.48. The lowest BCUT2D eigenvalue weighted by Gasteiger charge is -2.33. The van der Waals surface area contributed by atoms with Crippen molar-refractivity contribution in [2.24, 2.45) is 11.8 Å². The molecule has 0 amide bonds. The highest BCUT2D eigenvalue weighted by atomic mass is 32.2. The third-order valence-corrected chi connectivity index (χ3v) is 5.51. The van der Waals surface area contributed by atoms with E-state index in [2.05, 4.69) is 5.32 Å². The van der Waals surface area contributed by atoms with Crippen LogP contribution < -0.4 is 5.32 Å². The largest absolute Gasteiger partial charge is 0.480 e. The van der Waals surface area contributed by atoms with Gasteiger partial charge in [-0.25, -0.2) is 0 Å². The third kappa shape index (κ3) is 1.20. The van der Waals surface area contributed by atoms with Gasteiger partial charge in [-0.05, 0) is 31.1 Å². The highest BCUT2D eigenvalue weighted by molar-refractivity contribution is 8.01. The normalized spacial score (nSPS) is 50.4. The Balaban J connectivity index is 1.76. The number of carboxylic acid groups (broad SMARTS) is 1. The fraction of sp³-hybridized carbons (Fsp3) is 0.900. The monoisotopic (exact) mass is 213 g/mol. The lowest BCUT2D eigenvalue weighted by molar-refractivity contribution is -0.139. The Morgan fingerprint density at radius 3 is 3.14 bits per heavy atom. The zero-order chi connectivity index (χ0) is 9.76. The van der Waals surface area contributed by atoms with Gasteiger partial charge in [-0.1, -0.05) is 6.42 Å². The van der Waals surface area contributed by atoms with Crippen LogP contribution in [0.1, 0.15) is 25.7 Å². The Kier molecular flexibility index (Phi) is 1.86. The number of fused-ring (bicyclic) bond motifs is 2. The Labute approximate surface area is 87.6 Å². The van der Waals surface area contributed by atoms with E-state index in [1.165, 1.54) is 25.7 Å². The van der Waals surface area contributed by atoms with E-state index in [-0.39, 0.29) is 10.9 Å². The predicted molar refractivity (Wildman–Crippen MR) is 55.2 cm³/mol. The van der Waals surface area contributed by atoms with Gasteiger partial charge in [0.25, 0.3) is 0 Å². The first kappa shape index (κ1) is 9.04. The van der Waals surface area contributed by atoms with Gasteiger partial charge < -0.3 is 5.11 Å². The van der Waals surface area contributed by atoms with E-state index in [9.17, 15) is 4.79 Å². The van der Waals surface area contributed by atoms with Crippen molar-refractivity contribution in [3.63, 3.8) is 0 Å². The molecule has 2 aliphatic carbocycles. The molecule has 0 radical (unpaired) electrons. The van der Waals surface area contributed by atoms with Crippen LogP contribution in [0, 0.1) is 11.8 Å². The van der Waals surface area contributed by atoms with Crippen LogP contribution in [0.2, 0.25) is 0 Å². The van der Waals surface area contributed by atoms with Crippen molar-refractivity contribution in [2.45, 2.75) is 36.6 Å². The molecular formula is C10H15NO2S. The van der Waals surface area contributed by atoms with E-state index in [1.807, 2.05) is 11.8 Å². The summed E-state index contributed by atoms with van der Waals surface area (Å²) >= 11 is 1.86. The quantitative estimate of drug-likeness (QED) is 0.689. The van der Waals surface area contributed by atoms with Gasteiger partial charge in [0.05, 0.1) is 4.87 Å². The lowest BCUT2D eigenvalue weighted by atomic mass is 9.94. The van der Waals surface area contributed by atoms with Crippen LogP contribution in [0.4, 0.5) is 0 Å². The molecule has 3 nitrogen and oxygen atoms in total. The molecule has 1 aliphatic heterocycles. The maximum absolute atomic E-state index is 10.9. The molecule has 3 unspecified atom stereocenters. The number of hydrogen-bond donors (Lipinski definition) is 2. The SMILES string of the molecule is O=C(O)[C@H]1CSC2(CCCC3CC32)N1. The van der Waals surface area contributed by atoms with Gasteiger partial charge in [0.15, 0.2) is 0 Å². The molecule has 2 N–H and O–H groups in total. The number of aliphatic carboxylic acids is 1. The Bertz CT molecular complexity index is 283. The number of nitrogens with one attached hydrogen (secondary N) is 1. The first-order valence-electron chi connectivity index (χ1n) is 5.36. The smallest absolute Gasteiger partial charge is 0.321 e. The third-order valence-electron chi connectivity index (χ3n) is 3.87. The molecule has 3 fully saturated rings. The fourth-order valence-electron chi connectivity index (χ4n) is 3.05. The minimum atomic E-state index is -0.683. The Hall–Kier alpha value is -0.220. The number of carboxylic acids is 1. The van der Waals surface area contributed by atoms with Crippen LogP contribution in [0.3, 0.4) is 0 Å². The fourth-order valence-corrected chi connectivity index (χ4v) is 4.76. The zero-order valence-electron chi connectivity index (χ0n) is 8.03. The van der Waals surface area contributed by atoms with Crippen molar-refractivity contribution in [3.05, 3.63) is 0 Å². The molecule has 2 saturated carbocycles. The summed E-state index contributed by atoms with van der Waals surface area (Å²) < 4.78 is 0. The summed E-state index contributed by atoms with van der Waals surface area (Å²) in [5.41, 5.74) is 0. The van der Waals surface area contributed by atoms with Crippen LogP contribution in [0.5, 0.6) is 0 Å². The molecule has 78 valence electrons. The topological polar surface area (TPSA) is 49.3 Å². The first-order chi connectivity index (χ1) is 6.71. The van der Waals surface area contributed by atoms with Gasteiger partial charge in [-0.3, -0.25) is 10.1 Å². The molecule has 0 aromatic heterocycles. The van der Waals surface area contributed by atoms with Crippen molar-refractivity contribution in [1.82, 2.24) is 5.32 Å². The molecule has 1 spiro atoms. The maximum Gasteiger partial charge on any atom is 0.321 e. The second-order valence-electron chi connectivity index (χ2n) is 4.73. The van der Waals surface area contributed by atoms with Crippen molar-refractivity contribution in [1.29, 1.82) is 0 Å². The summed E-state index contributed by atoms with van der Waals surface area (Å²) in [5, 5.41) is 12.3. The van der Waals surface area contributed by atoms with Crippen LogP contribution in [0.25, 0.3) is 0 Å². The van der Waals surface area contributed by atoms with Gasteiger partial charge in [-0.15, -0.1) is 11.8 Å². The summed E-state index contributed by atoms with van der Waals surface area (Å²) in [6, 6.07) is -0.306. The van der Waals surface area contributed by atoms with Crippen LogP contribution >= 0.6 is 11.8 Å². The molecule has 3 rings (SSSR count). The standard InChI is InChI=1S/C10H15NO2S/c12-9(13)8-5-14-10(11-8)3-1-2-6-4-7(6)10/h6-8,11H,1-5H2,(H,12,13)/t6?,7?,8-,10?/m1/s1. The summed E-state index contributed by atoms with van der Waals surface area (Å²) in [6.07, 6.45) is 5.13. The zero-order valence-corrected chi connectivity index (χ0v) is 8.85. The van der Waals surface area contributed by atoms with Gasteiger partial charge in [0, 0.05) is 5.75 Å².